The van der Waals surface area contributed by atoms with E-state index in [-0.39, 0.29) is 40.0 Å². The first-order valence-electron chi connectivity index (χ1n) is 15.1. The van der Waals surface area contributed by atoms with E-state index in [2.05, 4.69) is 27.7 Å². The van der Waals surface area contributed by atoms with Crippen LogP contribution < -0.4 is 5.73 Å². The van der Waals surface area contributed by atoms with Crippen LogP contribution in [0.1, 0.15) is 118 Å². The van der Waals surface area contributed by atoms with Crippen molar-refractivity contribution in [3.8, 4) is 0 Å². The molecule has 0 aromatic carbocycles. The van der Waals surface area contributed by atoms with Crippen molar-refractivity contribution >= 4 is 5.97 Å². The van der Waals surface area contributed by atoms with Gasteiger partial charge in [0.2, 0.25) is 0 Å². The minimum absolute atomic E-state index is 0.0346. The van der Waals surface area contributed by atoms with E-state index in [1.54, 1.807) is 0 Å². The van der Waals surface area contributed by atoms with Gasteiger partial charge in [-0.1, -0.05) is 25.7 Å². The van der Waals surface area contributed by atoms with E-state index in [0.717, 1.165) is 26.1 Å². The Morgan fingerprint density at radius 3 is 1.50 bits per heavy atom. The maximum atomic E-state index is 12.1. The fourth-order valence-electron chi connectivity index (χ4n) is 9.99. The number of ether oxygens (including phenoxy) is 3. The standard InChI is InChI=1S/C31H53NO4/c1-27(2,24-9-5-6-10-24)35-21-30-14-23-13-29(17-30,20-34-26(33)16-32)18-31(15-23,19-30)22-36-28(3,4)25-11-7-8-12-25/h23-25H,5-22,32H2,1-4H3. The van der Waals surface area contributed by atoms with Crippen molar-refractivity contribution in [3.05, 3.63) is 0 Å². The third-order valence-electron chi connectivity index (χ3n) is 11.3. The van der Waals surface area contributed by atoms with Crippen LogP contribution in [-0.2, 0) is 19.0 Å². The molecule has 0 aromatic heterocycles. The van der Waals surface area contributed by atoms with Crippen LogP contribution in [0.2, 0.25) is 0 Å². The molecule has 2 unspecified atom stereocenters. The molecule has 0 aliphatic heterocycles. The summed E-state index contributed by atoms with van der Waals surface area (Å²) in [5.74, 6) is 1.76. The van der Waals surface area contributed by atoms with Gasteiger partial charge in [-0.25, -0.2) is 0 Å². The SMILES string of the molecule is CC(C)(OCC12CC3CC(COC(=O)CN)(C1)CC(COC(C)(C)C1CCCC1)(C3)C2)C1CCCC1. The first-order chi connectivity index (χ1) is 17.0. The van der Waals surface area contributed by atoms with Crippen LogP contribution in [0.5, 0.6) is 0 Å². The summed E-state index contributed by atoms with van der Waals surface area (Å²) >= 11 is 0. The Balaban J connectivity index is 1.34. The molecule has 6 fully saturated rings. The van der Waals surface area contributed by atoms with Crippen LogP contribution in [0.25, 0.3) is 0 Å². The van der Waals surface area contributed by atoms with Gasteiger partial charge in [0.1, 0.15) is 0 Å². The topological polar surface area (TPSA) is 70.8 Å². The van der Waals surface area contributed by atoms with E-state index in [4.69, 9.17) is 19.9 Å². The van der Waals surface area contributed by atoms with Gasteiger partial charge in [0.15, 0.2) is 0 Å². The molecule has 4 bridgehead atoms. The number of hydrogen-bond donors (Lipinski definition) is 1. The molecule has 5 heteroatoms. The van der Waals surface area contributed by atoms with Gasteiger partial charge in [-0.15, -0.1) is 0 Å². The summed E-state index contributed by atoms with van der Waals surface area (Å²) in [4.78, 5) is 12.1. The normalized spacial score (nSPS) is 37.2. The lowest BCUT2D eigenvalue weighted by Gasteiger charge is -2.67. The molecule has 2 N–H and O–H groups in total. The Hall–Kier alpha value is -0.650. The van der Waals surface area contributed by atoms with Crippen LogP contribution in [-0.4, -0.2) is 43.5 Å². The first-order valence-corrected chi connectivity index (χ1v) is 15.1. The van der Waals surface area contributed by atoms with Gasteiger partial charge >= 0.3 is 5.97 Å². The maximum absolute atomic E-state index is 12.1. The number of carbonyl (C=O) groups excluding carboxylic acids is 1. The molecule has 0 amide bonds. The number of rotatable bonds is 11. The quantitative estimate of drug-likeness (QED) is 0.330. The van der Waals surface area contributed by atoms with Crippen molar-refractivity contribution in [2.75, 3.05) is 26.4 Å². The van der Waals surface area contributed by atoms with Crippen LogP contribution in [0, 0.1) is 34.0 Å². The zero-order chi connectivity index (χ0) is 25.7. The Morgan fingerprint density at radius 1 is 0.722 bits per heavy atom. The zero-order valence-electron chi connectivity index (χ0n) is 23.7. The van der Waals surface area contributed by atoms with Crippen molar-refractivity contribution in [3.63, 3.8) is 0 Å². The average Bonchev–Trinajstić information content (AvgIpc) is 3.55. The number of carbonyl (C=O) groups is 1. The highest BCUT2D eigenvalue weighted by Gasteiger charge is 2.64. The maximum Gasteiger partial charge on any atom is 0.319 e. The highest BCUT2D eigenvalue weighted by atomic mass is 16.5. The van der Waals surface area contributed by atoms with Gasteiger partial charge < -0.3 is 19.9 Å². The summed E-state index contributed by atoms with van der Waals surface area (Å²) < 4.78 is 19.6. The molecular weight excluding hydrogens is 450 g/mol. The minimum Gasteiger partial charge on any atom is -0.464 e. The first kappa shape index (κ1) is 26.9. The van der Waals surface area contributed by atoms with Gasteiger partial charge in [0.05, 0.1) is 37.6 Å². The molecule has 6 aliphatic rings. The molecule has 206 valence electrons. The third-order valence-corrected chi connectivity index (χ3v) is 11.3. The van der Waals surface area contributed by atoms with Crippen LogP contribution >= 0.6 is 0 Å². The lowest BCUT2D eigenvalue weighted by Crippen LogP contribution is -2.61. The monoisotopic (exact) mass is 503 g/mol. The summed E-state index contributed by atoms with van der Waals surface area (Å²) in [5, 5.41) is 0. The van der Waals surface area contributed by atoms with Gasteiger partial charge in [0.25, 0.3) is 0 Å². The van der Waals surface area contributed by atoms with Crippen LogP contribution in [0.3, 0.4) is 0 Å². The summed E-state index contributed by atoms with van der Waals surface area (Å²) in [5.41, 5.74) is 5.86. The van der Waals surface area contributed by atoms with E-state index < -0.39 is 0 Å². The van der Waals surface area contributed by atoms with Crippen molar-refractivity contribution in [2.45, 2.75) is 129 Å². The lowest BCUT2D eigenvalue weighted by atomic mass is 9.40. The molecule has 0 spiro atoms. The van der Waals surface area contributed by atoms with E-state index >= 15 is 0 Å². The van der Waals surface area contributed by atoms with Crippen molar-refractivity contribution < 1.29 is 19.0 Å². The highest BCUT2D eigenvalue weighted by molar-refractivity contribution is 5.71. The molecule has 0 radical (unpaired) electrons. The molecule has 6 saturated carbocycles. The molecule has 5 nitrogen and oxygen atoms in total. The summed E-state index contributed by atoms with van der Waals surface area (Å²) in [6.07, 6.45) is 17.7. The minimum atomic E-state index is -0.272. The van der Waals surface area contributed by atoms with E-state index in [9.17, 15) is 4.79 Å². The summed E-state index contributed by atoms with van der Waals surface area (Å²) in [6.45, 7) is 11.5. The molecular formula is C31H53NO4. The Morgan fingerprint density at radius 2 is 1.11 bits per heavy atom. The molecule has 2 atom stereocenters. The molecule has 0 aromatic rings. The van der Waals surface area contributed by atoms with E-state index in [1.807, 2.05) is 0 Å². The molecule has 0 heterocycles. The van der Waals surface area contributed by atoms with E-state index in [0.29, 0.717) is 24.4 Å². The number of nitrogens with two attached hydrogens (primary N) is 1. The fraction of sp³-hybridized carbons (Fsp3) is 0.968. The van der Waals surface area contributed by atoms with Crippen molar-refractivity contribution in [1.82, 2.24) is 0 Å². The molecule has 36 heavy (non-hydrogen) atoms. The second kappa shape index (κ2) is 9.83. The predicted molar refractivity (Wildman–Crippen MR) is 142 cm³/mol. The fourth-order valence-corrected chi connectivity index (χ4v) is 9.99. The Labute approximate surface area is 220 Å². The molecule has 6 aliphatic carbocycles. The van der Waals surface area contributed by atoms with E-state index in [1.165, 1.54) is 77.0 Å². The van der Waals surface area contributed by atoms with Gasteiger partial charge in [-0.2, -0.15) is 0 Å². The van der Waals surface area contributed by atoms with Gasteiger partial charge in [0, 0.05) is 5.41 Å². The van der Waals surface area contributed by atoms with Gasteiger partial charge in [-0.3, -0.25) is 4.79 Å². The number of hydrogen-bond acceptors (Lipinski definition) is 5. The largest absolute Gasteiger partial charge is 0.464 e. The Bertz CT molecular complexity index is 746. The Kier molecular flexibility index (Phi) is 7.35. The third kappa shape index (κ3) is 5.41. The highest BCUT2D eigenvalue weighted by Crippen LogP contribution is 2.70. The summed E-state index contributed by atoms with van der Waals surface area (Å²) in [7, 11) is 0. The number of esters is 1. The lowest BCUT2D eigenvalue weighted by molar-refractivity contribution is -0.233. The summed E-state index contributed by atoms with van der Waals surface area (Å²) in [6, 6.07) is 0. The predicted octanol–water partition coefficient (Wildman–Crippen LogP) is 6.42. The van der Waals surface area contributed by atoms with Crippen LogP contribution in [0.15, 0.2) is 0 Å². The van der Waals surface area contributed by atoms with Crippen molar-refractivity contribution in [1.29, 1.82) is 0 Å². The molecule has 6 rings (SSSR count). The van der Waals surface area contributed by atoms with Crippen molar-refractivity contribution in [2.24, 2.45) is 39.7 Å². The van der Waals surface area contributed by atoms with Crippen LogP contribution in [0.4, 0.5) is 0 Å². The van der Waals surface area contributed by atoms with Gasteiger partial charge in [-0.05, 0) is 120 Å². The second-order valence-corrected chi connectivity index (χ2v) is 15.1. The molecule has 0 saturated heterocycles. The second-order valence-electron chi connectivity index (χ2n) is 15.1. The average molecular weight is 504 g/mol. The smallest absolute Gasteiger partial charge is 0.319 e. The zero-order valence-corrected chi connectivity index (χ0v) is 23.7.